The third-order valence-electron chi connectivity index (χ3n) is 5.03. The fourth-order valence-electron chi connectivity index (χ4n) is 3.70. The van der Waals surface area contributed by atoms with Gasteiger partial charge in [-0.15, -0.1) is 0 Å². The summed E-state index contributed by atoms with van der Waals surface area (Å²) in [7, 11) is 0. The van der Waals surface area contributed by atoms with Crippen LogP contribution in [0.1, 0.15) is 57.8 Å². The second kappa shape index (κ2) is 9.13. The third-order valence-corrected chi connectivity index (χ3v) is 5.03. The molecular weight excluding hydrogens is 278 g/mol. The van der Waals surface area contributed by atoms with Crippen LogP contribution in [0.5, 0.6) is 0 Å². The number of carbonyl (C=O) groups excluding carboxylic acids is 2. The number of likely N-dealkylation sites (tertiary alicyclic amines) is 1. The first-order chi connectivity index (χ1) is 10.7. The summed E-state index contributed by atoms with van der Waals surface area (Å²) in [5, 5.41) is 2.85. The van der Waals surface area contributed by atoms with Gasteiger partial charge in [-0.2, -0.15) is 0 Å². The van der Waals surface area contributed by atoms with Gasteiger partial charge in [0.1, 0.15) is 0 Å². The molecule has 22 heavy (non-hydrogen) atoms. The molecular formula is C17H31N3O2. The zero-order chi connectivity index (χ0) is 15.8. The van der Waals surface area contributed by atoms with Crippen molar-refractivity contribution in [3.63, 3.8) is 0 Å². The van der Waals surface area contributed by atoms with Gasteiger partial charge in [-0.3, -0.25) is 9.59 Å². The standard InChI is InChI=1S/C17H31N3O2/c18-9-10-19-17(22)15-8-5-11-20(13-15)16(21)12-14-6-3-1-2-4-7-14/h14-15H,1-13,18H2,(H,19,22). The molecule has 2 aliphatic rings. The van der Waals surface area contributed by atoms with E-state index in [1.54, 1.807) is 0 Å². The molecule has 1 heterocycles. The molecule has 5 nitrogen and oxygen atoms in total. The average molecular weight is 309 g/mol. The smallest absolute Gasteiger partial charge is 0.224 e. The second-order valence-electron chi connectivity index (χ2n) is 6.82. The maximum absolute atomic E-state index is 12.5. The van der Waals surface area contributed by atoms with Crippen LogP contribution < -0.4 is 11.1 Å². The molecule has 126 valence electrons. The van der Waals surface area contributed by atoms with Crippen LogP contribution in [-0.4, -0.2) is 42.9 Å². The summed E-state index contributed by atoms with van der Waals surface area (Å²) in [5.41, 5.74) is 5.42. The van der Waals surface area contributed by atoms with Crippen molar-refractivity contribution in [2.24, 2.45) is 17.6 Å². The van der Waals surface area contributed by atoms with Gasteiger partial charge in [0, 0.05) is 32.6 Å². The highest BCUT2D eigenvalue weighted by Gasteiger charge is 2.29. The number of rotatable bonds is 5. The lowest BCUT2D eigenvalue weighted by Crippen LogP contribution is -2.46. The van der Waals surface area contributed by atoms with E-state index in [0.29, 0.717) is 32.0 Å². The van der Waals surface area contributed by atoms with Crippen LogP contribution in [0.2, 0.25) is 0 Å². The van der Waals surface area contributed by atoms with Crippen molar-refractivity contribution in [1.82, 2.24) is 10.2 Å². The number of piperidine rings is 1. The van der Waals surface area contributed by atoms with Gasteiger partial charge in [0.05, 0.1) is 5.92 Å². The highest BCUT2D eigenvalue weighted by Crippen LogP contribution is 2.27. The summed E-state index contributed by atoms with van der Waals surface area (Å²) >= 11 is 0. The van der Waals surface area contributed by atoms with Crippen molar-refractivity contribution >= 4 is 11.8 Å². The Kier molecular flexibility index (Phi) is 7.16. The fraction of sp³-hybridized carbons (Fsp3) is 0.882. The van der Waals surface area contributed by atoms with Crippen LogP contribution in [-0.2, 0) is 9.59 Å². The number of nitrogens with two attached hydrogens (primary N) is 1. The van der Waals surface area contributed by atoms with Gasteiger partial charge in [0.2, 0.25) is 11.8 Å². The van der Waals surface area contributed by atoms with Crippen molar-refractivity contribution in [3.8, 4) is 0 Å². The molecule has 2 amide bonds. The van der Waals surface area contributed by atoms with Crippen LogP contribution in [0.15, 0.2) is 0 Å². The maximum Gasteiger partial charge on any atom is 0.224 e. The highest BCUT2D eigenvalue weighted by atomic mass is 16.2. The van der Waals surface area contributed by atoms with Gasteiger partial charge in [-0.05, 0) is 31.6 Å². The van der Waals surface area contributed by atoms with Gasteiger partial charge < -0.3 is 16.0 Å². The van der Waals surface area contributed by atoms with E-state index in [0.717, 1.165) is 19.4 Å². The minimum absolute atomic E-state index is 0.0532. The number of nitrogens with one attached hydrogen (secondary N) is 1. The van der Waals surface area contributed by atoms with Crippen molar-refractivity contribution in [2.75, 3.05) is 26.2 Å². The molecule has 1 aliphatic carbocycles. The molecule has 5 heteroatoms. The molecule has 0 aromatic carbocycles. The van der Waals surface area contributed by atoms with Crippen LogP contribution >= 0.6 is 0 Å². The summed E-state index contributed by atoms with van der Waals surface area (Å²) in [6, 6.07) is 0. The minimum Gasteiger partial charge on any atom is -0.355 e. The quantitative estimate of drug-likeness (QED) is 0.758. The minimum atomic E-state index is -0.0571. The predicted octanol–water partition coefficient (Wildman–Crippen LogP) is 1.66. The van der Waals surface area contributed by atoms with E-state index < -0.39 is 0 Å². The van der Waals surface area contributed by atoms with E-state index in [9.17, 15) is 9.59 Å². The predicted molar refractivity (Wildman–Crippen MR) is 87.2 cm³/mol. The summed E-state index contributed by atoms with van der Waals surface area (Å²) in [5.74, 6) is 0.806. The van der Waals surface area contributed by atoms with E-state index in [1.807, 2.05) is 4.90 Å². The monoisotopic (exact) mass is 309 g/mol. The highest BCUT2D eigenvalue weighted by molar-refractivity contribution is 5.81. The summed E-state index contributed by atoms with van der Waals surface area (Å²) in [6.07, 6.45) is 10.0. The van der Waals surface area contributed by atoms with Crippen LogP contribution in [0.3, 0.4) is 0 Å². The maximum atomic E-state index is 12.5. The second-order valence-corrected chi connectivity index (χ2v) is 6.82. The molecule has 2 rings (SSSR count). The van der Waals surface area contributed by atoms with Gasteiger partial charge in [0.15, 0.2) is 0 Å². The normalized spacial score (nSPS) is 23.9. The van der Waals surface area contributed by atoms with Crippen molar-refractivity contribution in [1.29, 1.82) is 0 Å². The van der Waals surface area contributed by atoms with E-state index in [2.05, 4.69) is 5.32 Å². The number of hydrogen-bond acceptors (Lipinski definition) is 3. The van der Waals surface area contributed by atoms with E-state index >= 15 is 0 Å². The van der Waals surface area contributed by atoms with Crippen molar-refractivity contribution in [3.05, 3.63) is 0 Å². The van der Waals surface area contributed by atoms with Crippen LogP contribution in [0.4, 0.5) is 0 Å². The molecule has 0 aromatic rings. The summed E-state index contributed by atoms with van der Waals surface area (Å²) < 4.78 is 0. The number of carbonyl (C=O) groups is 2. The van der Waals surface area contributed by atoms with E-state index in [-0.39, 0.29) is 17.7 Å². The molecule has 1 unspecified atom stereocenters. The van der Waals surface area contributed by atoms with Gasteiger partial charge in [-0.1, -0.05) is 25.7 Å². The first-order valence-electron chi connectivity index (χ1n) is 8.96. The Bertz CT molecular complexity index is 365. The Labute approximate surface area is 134 Å². The lowest BCUT2D eigenvalue weighted by molar-refractivity contribution is -0.136. The van der Waals surface area contributed by atoms with Crippen molar-refractivity contribution in [2.45, 2.75) is 57.8 Å². The Morgan fingerprint density at radius 1 is 1.05 bits per heavy atom. The molecule has 1 saturated heterocycles. The lowest BCUT2D eigenvalue weighted by atomic mass is 9.93. The topological polar surface area (TPSA) is 75.4 Å². The van der Waals surface area contributed by atoms with E-state index in [1.165, 1.54) is 38.5 Å². The van der Waals surface area contributed by atoms with Crippen molar-refractivity contribution < 1.29 is 9.59 Å². The first-order valence-corrected chi connectivity index (χ1v) is 8.96. The first kappa shape index (κ1) is 17.3. The Morgan fingerprint density at radius 2 is 1.77 bits per heavy atom. The molecule has 0 radical (unpaired) electrons. The van der Waals surface area contributed by atoms with E-state index in [4.69, 9.17) is 5.73 Å². The number of hydrogen-bond donors (Lipinski definition) is 2. The molecule has 2 fully saturated rings. The third kappa shape index (κ3) is 5.27. The van der Waals surface area contributed by atoms with Crippen LogP contribution in [0.25, 0.3) is 0 Å². The molecule has 0 bridgehead atoms. The molecule has 1 saturated carbocycles. The zero-order valence-electron chi connectivity index (χ0n) is 13.7. The van der Waals surface area contributed by atoms with Gasteiger partial charge >= 0.3 is 0 Å². The molecule has 0 spiro atoms. The average Bonchev–Trinajstić information content (AvgIpc) is 2.81. The largest absolute Gasteiger partial charge is 0.355 e. The molecule has 1 aliphatic heterocycles. The van der Waals surface area contributed by atoms with Gasteiger partial charge in [-0.25, -0.2) is 0 Å². The Hall–Kier alpha value is -1.10. The summed E-state index contributed by atoms with van der Waals surface area (Å²) in [4.78, 5) is 26.5. The summed E-state index contributed by atoms with van der Waals surface area (Å²) in [6.45, 7) is 2.38. The number of nitrogens with zero attached hydrogens (tertiary/aromatic N) is 1. The zero-order valence-corrected chi connectivity index (χ0v) is 13.7. The molecule has 1 atom stereocenters. The molecule has 3 N–H and O–H groups in total. The lowest BCUT2D eigenvalue weighted by Gasteiger charge is -2.33. The van der Waals surface area contributed by atoms with Crippen LogP contribution in [0, 0.1) is 11.8 Å². The SMILES string of the molecule is NCCNC(=O)C1CCCN(C(=O)CC2CCCCCC2)C1. The molecule has 0 aromatic heterocycles. The Morgan fingerprint density at radius 3 is 2.45 bits per heavy atom. The fourth-order valence-corrected chi connectivity index (χ4v) is 3.70. The van der Waals surface area contributed by atoms with Gasteiger partial charge in [0.25, 0.3) is 0 Å². The number of amides is 2. The Balaban J connectivity index is 1.80.